The number of carbonyl (C=O) groups is 2. The molecule has 0 bridgehead atoms. The predicted octanol–water partition coefficient (Wildman–Crippen LogP) is 3.77. The van der Waals surface area contributed by atoms with Gasteiger partial charge in [-0.2, -0.15) is 5.10 Å². The molecule has 33 heavy (non-hydrogen) atoms. The van der Waals surface area contributed by atoms with Gasteiger partial charge in [0.05, 0.1) is 17.6 Å². The Kier molecular flexibility index (Phi) is 6.59. The highest BCUT2D eigenvalue weighted by atomic mass is 19.1. The van der Waals surface area contributed by atoms with Gasteiger partial charge in [-0.15, -0.1) is 0 Å². The summed E-state index contributed by atoms with van der Waals surface area (Å²) < 4.78 is 15.0. The van der Waals surface area contributed by atoms with E-state index in [0.717, 1.165) is 22.5 Å². The van der Waals surface area contributed by atoms with E-state index in [1.807, 2.05) is 36.4 Å². The van der Waals surface area contributed by atoms with Crippen LogP contribution in [0.15, 0.2) is 91.1 Å². The molecule has 7 heteroatoms. The summed E-state index contributed by atoms with van der Waals surface area (Å²) in [5, 5.41) is 9.79. The standard InChI is InChI=1S/C26H23FN4O2/c1-28-26(33)23(17-18-5-3-2-4-6-18)30-25(32)20-9-13-22(14-10-20)31-24(15-16-29-31)19-7-11-21(27)12-8-19/h2-16,23H,17H2,1H3,(H,28,33)(H,30,32). The van der Waals surface area contributed by atoms with Gasteiger partial charge in [-0.25, -0.2) is 9.07 Å². The summed E-state index contributed by atoms with van der Waals surface area (Å²) in [5.74, 6) is -0.905. The molecular weight excluding hydrogens is 419 g/mol. The Labute approximate surface area is 191 Å². The van der Waals surface area contributed by atoms with Crippen LogP contribution in [0.2, 0.25) is 0 Å². The zero-order valence-corrected chi connectivity index (χ0v) is 18.0. The Morgan fingerprint density at radius 1 is 0.939 bits per heavy atom. The first-order chi connectivity index (χ1) is 16.0. The van der Waals surface area contributed by atoms with Crippen molar-refractivity contribution >= 4 is 11.8 Å². The van der Waals surface area contributed by atoms with Gasteiger partial charge in [0.15, 0.2) is 0 Å². The lowest BCUT2D eigenvalue weighted by atomic mass is 10.0. The third-order valence-corrected chi connectivity index (χ3v) is 5.31. The molecule has 3 aromatic carbocycles. The molecule has 0 saturated heterocycles. The van der Waals surface area contributed by atoms with Crippen LogP contribution in [0.3, 0.4) is 0 Å². The molecule has 0 saturated carbocycles. The Balaban J connectivity index is 1.51. The lowest BCUT2D eigenvalue weighted by Crippen LogP contribution is -2.47. The van der Waals surface area contributed by atoms with Crippen LogP contribution in [0.25, 0.3) is 16.9 Å². The number of carbonyl (C=O) groups excluding carboxylic acids is 2. The highest BCUT2D eigenvalue weighted by molar-refractivity contribution is 5.97. The van der Waals surface area contributed by atoms with E-state index in [1.165, 1.54) is 12.1 Å². The van der Waals surface area contributed by atoms with Crippen LogP contribution in [-0.2, 0) is 11.2 Å². The monoisotopic (exact) mass is 442 g/mol. The third-order valence-electron chi connectivity index (χ3n) is 5.31. The summed E-state index contributed by atoms with van der Waals surface area (Å²) >= 11 is 0. The van der Waals surface area contributed by atoms with Crippen LogP contribution in [0.5, 0.6) is 0 Å². The zero-order chi connectivity index (χ0) is 23.2. The topological polar surface area (TPSA) is 76.0 Å². The van der Waals surface area contributed by atoms with Gasteiger partial charge in [-0.3, -0.25) is 9.59 Å². The largest absolute Gasteiger partial charge is 0.357 e. The van der Waals surface area contributed by atoms with E-state index in [9.17, 15) is 14.0 Å². The lowest BCUT2D eigenvalue weighted by Gasteiger charge is -2.17. The number of halogens is 1. The van der Waals surface area contributed by atoms with Crippen LogP contribution in [0.1, 0.15) is 15.9 Å². The summed E-state index contributed by atoms with van der Waals surface area (Å²) in [7, 11) is 1.55. The summed E-state index contributed by atoms with van der Waals surface area (Å²) in [6, 6.07) is 23.8. The van der Waals surface area contributed by atoms with E-state index in [0.29, 0.717) is 12.0 Å². The molecule has 1 heterocycles. The quantitative estimate of drug-likeness (QED) is 0.458. The lowest BCUT2D eigenvalue weighted by molar-refractivity contribution is -0.122. The fourth-order valence-electron chi connectivity index (χ4n) is 3.58. The van der Waals surface area contributed by atoms with Crippen molar-refractivity contribution in [2.75, 3.05) is 7.05 Å². The van der Waals surface area contributed by atoms with Crippen molar-refractivity contribution in [1.82, 2.24) is 20.4 Å². The van der Waals surface area contributed by atoms with Gasteiger partial charge in [-0.1, -0.05) is 30.3 Å². The SMILES string of the molecule is CNC(=O)C(Cc1ccccc1)NC(=O)c1ccc(-n2nccc2-c2ccc(F)cc2)cc1. The minimum atomic E-state index is -0.694. The smallest absolute Gasteiger partial charge is 0.251 e. The van der Waals surface area contributed by atoms with Gasteiger partial charge in [-0.05, 0) is 60.2 Å². The molecule has 0 aliphatic heterocycles. The maximum absolute atomic E-state index is 13.3. The Morgan fingerprint density at radius 2 is 1.64 bits per heavy atom. The molecule has 1 unspecified atom stereocenters. The molecular formula is C26H23FN4O2. The third kappa shape index (κ3) is 5.15. The van der Waals surface area contributed by atoms with Crippen molar-refractivity contribution in [3.05, 3.63) is 108 Å². The number of rotatable bonds is 7. The number of hydrogen-bond donors (Lipinski definition) is 2. The maximum atomic E-state index is 13.3. The summed E-state index contributed by atoms with van der Waals surface area (Å²) in [5.41, 5.74) is 3.76. The number of aromatic nitrogens is 2. The second-order valence-electron chi connectivity index (χ2n) is 7.51. The van der Waals surface area contributed by atoms with Crippen molar-refractivity contribution in [2.45, 2.75) is 12.5 Å². The van der Waals surface area contributed by atoms with Gasteiger partial charge >= 0.3 is 0 Å². The van der Waals surface area contributed by atoms with Gasteiger partial charge < -0.3 is 10.6 Å². The highest BCUT2D eigenvalue weighted by Crippen LogP contribution is 2.23. The van der Waals surface area contributed by atoms with Gasteiger partial charge in [0.25, 0.3) is 5.91 Å². The first-order valence-corrected chi connectivity index (χ1v) is 10.5. The molecule has 4 rings (SSSR count). The fourth-order valence-corrected chi connectivity index (χ4v) is 3.58. The molecule has 2 amide bonds. The minimum Gasteiger partial charge on any atom is -0.357 e. The predicted molar refractivity (Wildman–Crippen MR) is 124 cm³/mol. The molecule has 0 aliphatic carbocycles. The minimum absolute atomic E-state index is 0.260. The Morgan fingerprint density at radius 3 is 2.30 bits per heavy atom. The summed E-state index contributed by atoms with van der Waals surface area (Å²) in [4.78, 5) is 25.2. The Bertz CT molecular complexity index is 1240. The van der Waals surface area contributed by atoms with Crippen molar-refractivity contribution < 1.29 is 14.0 Å². The van der Waals surface area contributed by atoms with Gasteiger partial charge in [0.1, 0.15) is 11.9 Å². The second kappa shape index (κ2) is 9.91. The van der Waals surface area contributed by atoms with Crippen LogP contribution in [0, 0.1) is 5.82 Å². The molecule has 0 spiro atoms. The number of hydrogen-bond acceptors (Lipinski definition) is 3. The molecule has 2 N–H and O–H groups in total. The first kappa shape index (κ1) is 22.0. The molecule has 0 aliphatic rings. The van der Waals surface area contributed by atoms with Crippen LogP contribution >= 0.6 is 0 Å². The number of amides is 2. The Hall–Kier alpha value is -4.26. The van der Waals surface area contributed by atoms with E-state index in [-0.39, 0.29) is 17.6 Å². The highest BCUT2D eigenvalue weighted by Gasteiger charge is 2.21. The molecule has 1 atom stereocenters. The van der Waals surface area contributed by atoms with Crippen LogP contribution in [-0.4, -0.2) is 34.7 Å². The van der Waals surface area contributed by atoms with E-state index in [4.69, 9.17) is 0 Å². The van der Waals surface area contributed by atoms with E-state index in [1.54, 1.807) is 54.3 Å². The van der Waals surface area contributed by atoms with E-state index >= 15 is 0 Å². The average Bonchev–Trinajstić information content (AvgIpc) is 3.34. The second-order valence-corrected chi connectivity index (χ2v) is 7.51. The van der Waals surface area contributed by atoms with Crippen LogP contribution < -0.4 is 10.6 Å². The van der Waals surface area contributed by atoms with Gasteiger partial charge in [0, 0.05) is 24.6 Å². The molecule has 6 nitrogen and oxygen atoms in total. The average molecular weight is 442 g/mol. The first-order valence-electron chi connectivity index (χ1n) is 10.5. The van der Waals surface area contributed by atoms with Gasteiger partial charge in [0.2, 0.25) is 5.91 Å². The maximum Gasteiger partial charge on any atom is 0.251 e. The van der Waals surface area contributed by atoms with Crippen LogP contribution in [0.4, 0.5) is 4.39 Å². The zero-order valence-electron chi connectivity index (χ0n) is 18.0. The normalized spacial score (nSPS) is 11.6. The summed E-state index contributed by atoms with van der Waals surface area (Å²) in [6.45, 7) is 0. The van der Waals surface area contributed by atoms with Crippen molar-refractivity contribution in [2.24, 2.45) is 0 Å². The molecule has 166 valence electrons. The summed E-state index contributed by atoms with van der Waals surface area (Å²) in [6.07, 6.45) is 2.05. The fraction of sp³-hybridized carbons (Fsp3) is 0.115. The molecule has 1 aromatic heterocycles. The number of nitrogens with one attached hydrogen (secondary N) is 2. The molecule has 0 fully saturated rings. The van der Waals surface area contributed by atoms with E-state index in [2.05, 4.69) is 15.7 Å². The van der Waals surface area contributed by atoms with Crippen molar-refractivity contribution in [3.8, 4) is 16.9 Å². The molecule has 4 aromatic rings. The number of likely N-dealkylation sites (N-methyl/N-ethyl adjacent to an activating group) is 1. The number of benzene rings is 3. The number of nitrogens with zero attached hydrogens (tertiary/aromatic N) is 2. The van der Waals surface area contributed by atoms with E-state index < -0.39 is 6.04 Å². The van der Waals surface area contributed by atoms with Crippen molar-refractivity contribution in [1.29, 1.82) is 0 Å². The van der Waals surface area contributed by atoms with Crippen molar-refractivity contribution in [3.63, 3.8) is 0 Å². The molecule has 0 radical (unpaired) electrons.